The molecule has 0 saturated heterocycles. The highest BCUT2D eigenvalue weighted by molar-refractivity contribution is 5.09. The van der Waals surface area contributed by atoms with Crippen molar-refractivity contribution in [3.05, 3.63) is 36.5 Å². The first-order chi connectivity index (χ1) is 4.85. The fourth-order valence-corrected chi connectivity index (χ4v) is 0.774. The predicted octanol–water partition coefficient (Wildman–Crippen LogP) is 3.48. The van der Waals surface area contributed by atoms with E-state index in [0.29, 0.717) is 0 Å². The summed E-state index contributed by atoms with van der Waals surface area (Å²) >= 11 is 0. The third-order valence-corrected chi connectivity index (χ3v) is 1.43. The summed E-state index contributed by atoms with van der Waals surface area (Å²) in [7, 11) is 0. The van der Waals surface area contributed by atoms with Gasteiger partial charge >= 0.3 is 0 Å². The molecule has 0 aliphatic carbocycles. The molecule has 10 heavy (non-hydrogen) atoms. The molecule has 0 fully saturated rings. The van der Waals surface area contributed by atoms with Crippen molar-refractivity contribution in [2.75, 3.05) is 0 Å². The Hall–Kier alpha value is -0.780. The van der Waals surface area contributed by atoms with E-state index in [9.17, 15) is 0 Å². The van der Waals surface area contributed by atoms with E-state index in [-0.39, 0.29) is 0 Å². The summed E-state index contributed by atoms with van der Waals surface area (Å²) in [6.45, 7) is 7.81. The minimum atomic E-state index is 1.01. The molecule has 0 heterocycles. The van der Waals surface area contributed by atoms with Crippen LogP contribution < -0.4 is 0 Å². The zero-order valence-electron chi connectivity index (χ0n) is 6.93. The van der Waals surface area contributed by atoms with E-state index in [1.54, 1.807) is 0 Å². The van der Waals surface area contributed by atoms with Gasteiger partial charge in [0.05, 0.1) is 0 Å². The molecule has 0 spiro atoms. The molecule has 0 aromatic heterocycles. The number of hydrogen-bond acceptors (Lipinski definition) is 0. The van der Waals surface area contributed by atoms with Crippen LogP contribution in [0.4, 0.5) is 0 Å². The molecular weight excluding hydrogens is 120 g/mol. The Labute approximate surface area is 64.0 Å². The zero-order valence-corrected chi connectivity index (χ0v) is 6.93. The van der Waals surface area contributed by atoms with Gasteiger partial charge in [-0.15, -0.1) is 6.58 Å². The van der Waals surface area contributed by atoms with Crippen LogP contribution in [0.25, 0.3) is 0 Å². The summed E-state index contributed by atoms with van der Waals surface area (Å²) in [6.07, 6.45) is 10.4. The highest BCUT2D eigenvalue weighted by atomic mass is 13.9. The van der Waals surface area contributed by atoms with Crippen LogP contribution in [0.15, 0.2) is 36.5 Å². The molecule has 0 aliphatic rings. The van der Waals surface area contributed by atoms with Crippen LogP contribution in [0.2, 0.25) is 0 Å². The average Bonchev–Trinajstić information content (AvgIpc) is 1.98. The van der Waals surface area contributed by atoms with E-state index >= 15 is 0 Å². The van der Waals surface area contributed by atoms with Crippen LogP contribution in [-0.4, -0.2) is 0 Å². The Morgan fingerprint density at radius 3 is 2.40 bits per heavy atom. The maximum atomic E-state index is 3.69. The van der Waals surface area contributed by atoms with Gasteiger partial charge in [-0.25, -0.2) is 0 Å². The van der Waals surface area contributed by atoms with Crippen molar-refractivity contribution in [2.45, 2.75) is 26.7 Å². The van der Waals surface area contributed by atoms with E-state index < -0.39 is 0 Å². The van der Waals surface area contributed by atoms with E-state index in [1.807, 2.05) is 13.0 Å². The summed E-state index contributed by atoms with van der Waals surface area (Å²) < 4.78 is 0. The lowest BCUT2D eigenvalue weighted by molar-refractivity contribution is 1.10. The van der Waals surface area contributed by atoms with Crippen molar-refractivity contribution in [1.29, 1.82) is 0 Å². The average molecular weight is 136 g/mol. The second-order valence-electron chi connectivity index (χ2n) is 2.21. The molecule has 0 heteroatoms. The Morgan fingerprint density at radius 2 is 2.00 bits per heavy atom. The van der Waals surface area contributed by atoms with Crippen LogP contribution in [0.3, 0.4) is 0 Å². The summed E-state index contributed by atoms with van der Waals surface area (Å²) in [4.78, 5) is 0. The number of allylic oxidation sites excluding steroid dienone is 5. The van der Waals surface area contributed by atoms with Crippen LogP contribution >= 0.6 is 0 Å². The lowest BCUT2D eigenvalue weighted by Gasteiger charge is -1.96. The molecule has 0 nitrogen and oxygen atoms in total. The quantitative estimate of drug-likeness (QED) is 0.519. The zero-order chi connectivity index (χ0) is 7.82. The van der Waals surface area contributed by atoms with Gasteiger partial charge in [-0.2, -0.15) is 0 Å². The first-order valence-electron chi connectivity index (χ1n) is 3.71. The van der Waals surface area contributed by atoms with Gasteiger partial charge in [0.25, 0.3) is 0 Å². The van der Waals surface area contributed by atoms with Crippen LogP contribution in [0.5, 0.6) is 0 Å². The lowest BCUT2D eigenvalue weighted by atomic mass is 10.1. The van der Waals surface area contributed by atoms with Crippen molar-refractivity contribution in [1.82, 2.24) is 0 Å². The second-order valence-corrected chi connectivity index (χ2v) is 2.21. The van der Waals surface area contributed by atoms with Crippen LogP contribution in [-0.2, 0) is 0 Å². The van der Waals surface area contributed by atoms with Gasteiger partial charge in [0, 0.05) is 0 Å². The first kappa shape index (κ1) is 9.22. The molecule has 0 unspecified atom stereocenters. The minimum absolute atomic E-state index is 1.01. The van der Waals surface area contributed by atoms with Crippen molar-refractivity contribution in [3.63, 3.8) is 0 Å². The van der Waals surface area contributed by atoms with E-state index in [2.05, 4.69) is 31.7 Å². The Morgan fingerprint density at radius 1 is 1.30 bits per heavy atom. The van der Waals surface area contributed by atoms with Crippen molar-refractivity contribution in [2.24, 2.45) is 0 Å². The minimum Gasteiger partial charge on any atom is -0.103 e. The van der Waals surface area contributed by atoms with Crippen LogP contribution in [0.1, 0.15) is 26.7 Å². The van der Waals surface area contributed by atoms with Gasteiger partial charge in [0.1, 0.15) is 0 Å². The highest BCUT2D eigenvalue weighted by Crippen LogP contribution is 2.07. The van der Waals surface area contributed by atoms with Gasteiger partial charge in [-0.1, -0.05) is 29.9 Å². The molecule has 0 N–H and O–H groups in total. The molecule has 0 aromatic carbocycles. The molecule has 0 amide bonds. The van der Waals surface area contributed by atoms with Crippen molar-refractivity contribution in [3.8, 4) is 0 Å². The van der Waals surface area contributed by atoms with Gasteiger partial charge in [-0.3, -0.25) is 0 Å². The molecule has 0 aromatic rings. The molecular formula is C10H16. The smallest absolute Gasteiger partial charge is 0.0136 e. The predicted molar refractivity (Wildman–Crippen MR) is 48.0 cm³/mol. The molecule has 0 radical (unpaired) electrons. The van der Waals surface area contributed by atoms with Gasteiger partial charge in [0.2, 0.25) is 0 Å². The maximum absolute atomic E-state index is 3.69. The van der Waals surface area contributed by atoms with Crippen LogP contribution in [0, 0.1) is 0 Å². The van der Waals surface area contributed by atoms with E-state index in [1.165, 1.54) is 5.57 Å². The maximum Gasteiger partial charge on any atom is -0.0136 e. The molecule has 0 atom stereocenters. The summed E-state index contributed by atoms with van der Waals surface area (Å²) in [5.41, 5.74) is 1.44. The standard InChI is InChI=1S/C10H16/c1-4-7-9-10(6-3)8-5-2/h4-7H,2,8-9H2,1,3H3/b7-4-,10-6-. The van der Waals surface area contributed by atoms with Crippen molar-refractivity contribution < 1.29 is 0 Å². The summed E-state index contributed by atoms with van der Waals surface area (Å²) in [6, 6.07) is 0. The second kappa shape index (κ2) is 6.34. The molecule has 0 bridgehead atoms. The Balaban J connectivity index is 3.72. The third-order valence-electron chi connectivity index (χ3n) is 1.43. The van der Waals surface area contributed by atoms with E-state index in [0.717, 1.165) is 12.8 Å². The summed E-state index contributed by atoms with van der Waals surface area (Å²) in [5.74, 6) is 0. The van der Waals surface area contributed by atoms with E-state index in [4.69, 9.17) is 0 Å². The van der Waals surface area contributed by atoms with Crippen molar-refractivity contribution >= 4 is 0 Å². The summed E-state index contributed by atoms with van der Waals surface area (Å²) in [5, 5.41) is 0. The fraction of sp³-hybridized carbons (Fsp3) is 0.400. The molecule has 0 aliphatic heterocycles. The SMILES string of the molecule is C=CC/C(=C/C)C/C=C\C. The monoisotopic (exact) mass is 136 g/mol. The lowest BCUT2D eigenvalue weighted by Crippen LogP contribution is -1.76. The Bertz CT molecular complexity index is 138. The first-order valence-corrected chi connectivity index (χ1v) is 3.71. The molecule has 56 valence electrons. The highest BCUT2D eigenvalue weighted by Gasteiger charge is 1.87. The normalized spacial score (nSPS) is 12.4. The molecule has 0 rings (SSSR count). The largest absolute Gasteiger partial charge is 0.103 e. The van der Waals surface area contributed by atoms with Gasteiger partial charge in [-0.05, 0) is 26.7 Å². The fourth-order valence-electron chi connectivity index (χ4n) is 0.774. The number of rotatable bonds is 4. The van der Waals surface area contributed by atoms with Gasteiger partial charge in [0.15, 0.2) is 0 Å². The number of hydrogen-bond donors (Lipinski definition) is 0. The topological polar surface area (TPSA) is 0 Å². The molecule has 0 saturated carbocycles. The Kier molecular flexibility index (Phi) is 5.85. The third kappa shape index (κ3) is 4.13. The van der Waals surface area contributed by atoms with Gasteiger partial charge < -0.3 is 0 Å².